The number of carbonyl (C=O) groups is 1. The molecule has 3 heterocycles. The first-order valence-corrected chi connectivity index (χ1v) is 18.2. The van der Waals surface area contributed by atoms with Crippen LogP contribution in [0, 0.1) is 35.5 Å². The van der Waals surface area contributed by atoms with Gasteiger partial charge in [0.1, 0.15) is 5.52 Å². The van der Waals surface area contributed by atoms with Crippen molar-refractivity contribution in [1.82, 2.24) is 29.1 Å². The predicted molar refractivity (Wildman–Crippen MR) is 181 cm³/mol. The third-order valence-electron chi connectivity index (χ3n) is 10.0. The summed E-state index contributed by atoms with van der Waals surface area (Å²) in [4.78, 5) is 28.0. The van der Waals surface area contributed by atoms with Crippen LogP contribution < -0.4 is 15.5 Å². The summed E-state index contributed by atoms with van der Waals surface area (Å²) in [6.07, 6.45) is 12.9. The molecule has 0 bridgehead atoms. The Morgan fingerprint density at radius 2 is 1.83 bits per heavy atom. The number of benzene rings is 1. The highest BCUT2D eigenvalue weighted by Crippen LogP contribution is 2.38. The van der Waals surface area contributed by atoms with Gasteiger partial charge in [-0.2, -0.15) is 9.29 Å². The number of aromatic nitrogens is 4. The molecular weight excluding hydrogens is 618 g/mol. The van der Waals surface area contributed by atoms with Gasteiger partial charge >= 0.3 is 6.09 Å². The highest BCUT2D eigenvalue weighted by molar-refractivity contribution is 7.88. The Labute approximate surface area is 275 Å². The Morgan fingerprint density at radius 3 is 2.45 bits per heavy atom. The third-order valence-corrected chi connectivity index (χ3v) is 11.3. The molecule has 4 N–H and O–H groups in total. The largest absolute Gasteiger partial charge is 0.465 e. The lowest BCUT2D eigenvalue weighted by Gasteiger charge is -2.41. The standard InChI is InChI=1S/C33H43N9O4S/c1-4-22-13-15-23(16-14-22)19-42-27-29(35-21(2)24-11-8-12-24)37-31(28(34)36-33(43)44)38-30(27)39-32(42)41-18-17-40(47(3,45)46)20-26(41)25-9-6-5-7-10-25/h1,5-7,9-10,21-24,26H,8,11-20H2,2-3H3,(H2,34,36)(H,43,44)(H,35,37,38)/t21-,22-,23-,26+/m1/s1. The van der Waals surface area contributed by atoms with Crippen molar-refractivity contribution in [2.75, 3.05) is 36.1 Å². The van der Waals surface area contributed by atoms with E-state index < -0.39 is 22.0 Å². The maximum atomic E-state index is 12.7. The van der Waals surface area contributed by atoms with Crippen LogP contribution in [-0.2, 0) is 16.6 Å². The number of sulfonamides is 1. The third kappa shape index (κ3) is 7.06. The molecule has 1 saturated heterocycles. The van der Waals surface area contributed by atoms with E-state index in [0.717, 1.165) is 44.1 Å². The minimum atomic E-state index is -3.44. The van der Waals surface area contributed by atoms with Crippen molar-refractivity contribution in [3.8, 4) is 12.3 Å². The van der Waals surface area contributed by atoms with E-state index in [0.29, 0.717) is 54.4 Å². The number of rotatable bonds is 9. The Kier molecular flexibility index (Phi) is 9.39. The van der Waals surface area contributed by atoms with Crippen molar-refractivity contribution in [2.24, 2.45) is 17.8 Å². The number of hydrogen-bond donors (Lipinski definition) is 4. The summed E-state index contributed by atoms with van der Waals surface area (Å²) in [7, 11) is -3.44. The van der Waals surface area contributed by atoms with E-state index in [-0.39, 0.29) is 30.4 Å². The molecule has 47 heavy (non-hydrogen) atoms. The Hall–Kier alpha value is -4.22. The number of hydrogen-bond acceptors (Lipinski definition) is 9. The SMILES string of the molecule is C#C[C@H]1CC[C@H](Cn2c(N3CCN(S(C)(=O)=O)C[C@H]3c3ccccc3)nc3nc(C(=N)NC(=O)O)nc(N[C@H](C)C4CCC4)c32)CC1. The summed E-state index contributed by atoms with van der Waals surface area (Å²) in [5.41, 5.74) is 2.00. The second-order valence-electron chi connectivity index (χ2n) is 13.1. The van der Waals surface area contributed by atoms with Gasteiger partial charge in [0.2, 0.25) is 16.0 Å². The van der Waals surface area contributed by atoms with Gasteiger partial charge in [-0.1, -0.05) is 36.8 Å². The second kappa shape index (κ2) is 13.5. The van der Waals surface area contributed by atoms with E-state index in [2.05, 4.69) is 37.9 Å². The van der Waals surface area contributed by atoms with Crippen LogP contribution in [0.4, 0.5) is 16.6 Å². The second-order valence-corrected chi connectivity index (χ2v) is 15.1. The molecule has 13 nitrogen and oxygen atoms in total. The van der Waals surface area contributed by atoms with E-state index >= 15 is 0 Å². The zero-order valence-corrected chi connectivity index (χ0v) is 27.7. The number of nitrogens with one attached hydrogen (secondary N) is 3. The molecule has 1 aliphatic heterocycles. The van der Waals surface area contributed by atoms with Crippen molar-refractivity contribution in [3.63, 3.8) is 0 Å². The van der Waals surface area contributed by atoms with Crippen LogP contribution in [0.2, 0.25) is 0 Å². The molecule has 250 valence electrons. The van der Waals surface area contributed by atoms with E-state index in [1.165, 1.54) is 17.0 Å². The van der Waals surface area contributed by atoms with Crippen molar-refractivity contribution >= 4 is 44.9 Å². The predicted octanol–water partition coefficient (Wildman–Crippen LogP) is 4.28. The number of anilines is 2. The van der Waals surface area contributed by atoms with Gasteiger partial charge in [0, 0.05) is 38.1 Å². The summed E-state index contributed by atoms with van der Waals surface area (Å²) in [5, 5.41) is 23.4. The number of carboxylic acid groups (broad SMARTS) is 1. The number of amides is 1. The number of imidazole rings is 1. The molecule has 2 atom stereocenters. The molecule has 3 aliphatic rings. The van der Waals surface area contributed by atoms with Gasteiger partial charge in [0.05, 0.1) is 12.3 Å². The van der Waals surface area contributed by atoms with Crippen LogP contribution in [0.3, 0.4) is 0 Å². The van der Waals surface area contributed by atoms with Crippen LogP contribution in [0.25, 0.3) is 11.2 Å². The molecule has 0 radical (unpaired) electrons. The van der Waals surface area contributed by atoms with Gasteiger partial charge in [-0.05, 0) is 62.8 Å². The quantitative estimate of drug-likeness (QED) is 0.149. The maximum absolute atomic E-state index is 12.7. The molecule has 2 aromatic heterocycles. The average Bonchev–Trinajstić information content (AvgIpc) is 3.38. The fourth-order valence-corrected chi connectivity index (χ4v) is 7.92. The van der Waals surface area contributed by atoms with Crippen molar-refractivity contribution in [3.05, 3.63) is 41.7 Å². The number of fused-ring (bicyclic) bond motifs is 1. The number of terminal acetylenes is 1. The lowest BCUT2D eigenvalue weighted by atomic mass is 9.80. The lowest BCUT2D eigenvalue weighted by molar-refractivity contribution is 0.200. The highest BCUT2D eigenvalue weighted by atomic mass is 32.2. The minimum Gasteiger partial charge on any atom is -0.465 e. The van der Waals surface area contributed by atoms with Gasteiger partial charge in [-0.3, -0.25) is 10.7 Å². The van der Waals surface area contributed by atoms with Crippen LogP contribution >= 0.6 is 0 Å². The molecule has 3 fully saturated rings. The minimum absolute atomic E-state index is 0.0737. The number of amidine groups is 1. The van der Waals surface area contributed by atoms with Crippen LogP contribution in [-0.4, -0.2) is 81.2 Å². The molecule has 1 aromatic carbocycles. The monoisotopic (exact) mass is 661 g/mol. The van der Waals surface area contributed by atoms with Crippen molar-refractivity contribution in [2.45, 2.75) is 70.5 Å². The van der Waals surface area contributed by atoms with Crippen molar-refractivity contribution in [1.29, 1.82) is 5.41 Å². The summed E-state index contributed by atoms with van der Waals surface area (Å²) in [6, 6.07) is 9.60. The maximum Gasteiger partial charge on any atom is 0.410 e. The zero-order chi connectivity index (χ0) is 33.3. The molecule has 2 saturated carbocycles. The Bertz CT molecular complexity index is 1780. The molecular formula is C33H43N9O4S. The van der Waals surface area contributed by atoms with Crippen LogP contribution in [0.15, 0.2) is 30.3 Å². The van der Waals surface area contributed by atoms with Crippen LogP contribution in [0.5, 0.6) is 0 Å². The highest BCUT2D eigenvalue weighted by Gasteiger charge is 2.37. The topological polar surface area (TPSA) is 169 Å². The summed E-state index contributed by atoms with van der Waals surface area (Å²) in [6.45, 7) is 3.71. The van der Waals surface area contributed by atoms with Gasteiger partial charge in [0.15, 0.2) is 23.1 Å². The fraction of sp³-hybridized carbons (Fsp3) is 0.545. The first-order chi connectivity index (χ1) is 22.5. The summed E-state index contributed by atoms with van der Waals surface area (Å²) < 4.78 is 29.1. The van der Waals surface area contributed by atoms with E-state index in [4.69, 9.17) is 21.8 Å². The molecule has 6 rings (SSSR count). The van der Waals surface area contributed by atoms with Crippen molar-refractivity contribution < 1.29 is 18.3 Å². The normalized spacial score (nSPS) is 23.1. The fourth-order valence-electron chi connectivity index (χ4n) is 7.09. The molecule has 2 aliphatic carbocycles. The van der Waals surface area contributed by atoms with E-state index in [1.807, 2.05) is 30.3 Å². The van der Waals surface area contributed by atoms with Gasteiger partial charge < -0.3 is 19.9 Å². The van der Waals surface area contributed by atoms with E-state index in [9.17, 15) is 18.3 Å². The number of nitrogens with zero attached hydrogens (tertiary/aromatic N) is 6. The Morgan fingerprint density at radius 1 is 1.11 bits per heavy atom. The Balaban J connectivity index is 1.50. The van der Waals surface area contributed by atoms with E-state index in [1.54, 1.807) is 0 Å². The molecule has 0 spiro atoms. The van der Waals surface area contributed by atoms with Gasteiger partial charge in [-0.25, -0.2) is 23.2 Å². The molecule has 1 amide bonds. The average molecular weight is 662 g/mol. The summed E-state index contributed by atoms with van der Waals surface area (Å²) in [5.74, 6) is 4.63. The summed E-state index contributed by atoms with van der Waals surface area (Å²) >= 11 is 0. The lowest BCUT2D eigenvalue weighted by Crippen LogP contribution is -2.51. The van der Waals surface area contributed by atoms with Crippen LogP contribution in [0.1, 0.15) is 69.3 Å². The smallest absolute Gasteiger partial charge is 0.410 e. The number of piperazine rings is 1. The molecule has 0 unspecified atom stereocenters. The zero-order valence-electron chi connectivity index (χ0n) is 26.9. The molecule has 14 heteroatoms. The first-order valence-electron chi connectivity index (χ1n) is 16.4. The van der Waals surface area contributed by atoms with Gasteiger partial charge in [0.25, 0.3) is 0 Å². The van der Waals surface area contributed by atoms with Gasteiger partial charge in [-0.15, -0.1) is 12.3 Å². The molecule has 3 aromatic rings. The first kappa shape index (κ1) is 32.7.